The fourth-order valence-corrected chi connectivity index (χ4v) is 3.93. The Morgan fingerprint density at radius 2 is 1.79 bits per heavy atom. The van der Waals surface area contributed by atoms with Crippen molar-refractivity contribution in [2.45, 2.75) is 31.6 Å². The second kappa shape index (κ2) is 9.14. The molecule has 2 aromatic carbocycles. The van der Waals surface area contributed by atoms with Gasteiger partial charge in [-0.2, -0.15) is 5.10 Å². The molecule has 0 aliphatic rings. The van der Waals surface area contributed by atoms with Crippen LogP contribution in [0.25, 0.3) is 0 Å². The van der Waals surface area contributed by atoms with E-state index in [-0.39, 0.29) is 6.10 Å². The molecule has 0 saturated heterocycles. The monoisotopic (exact) mass is 439 g/mol. The number of rotatable bonds is 8. The van der Waals surface area contributed by atoms with Crippen LogP contribution in [0.1, 0.15) is 18.9 Å². The molecule has 0 spiro atoms. The fraction of sp³-hybridized carbons (Fsp3) is 0.300. The highest BCUT2D eigenvalue weighted by Crippen LogP contribution is 2.40. The summed E-state index contributed by atoms with van der Waals surface area (Å²) >= 11 is 18.7. The Kier molecular flexibility index (Phi) is 6.83. The molecule has 1 heterocycles. The van der Waals surface area contributed by atoms with Crippen molar-refractivity contribution in [3.63, 3.8) is 0 Å². The van der Waals surface area contributed by atoms with Crippen LogP contribution >= 0.6 is 34.8 Å². The van der Waals surface area contributed by atoms with E-state index in [1.807, 2.05) is 25.1 Å². The number of nitrogens with zero attached hydrogens (tertiary/aromatic N) is 3. The fourth-order valence-electron chi connectivity index (χ4n) is 3.24. The molecule has 2 unspecified atom stereocenters. The van der Waals surface area contributed by atoms with Crippen molar-refractivity contribution in [3.05, 3.63) is 75.8 Å². The van der Waals surface area contributed by atoms with Crippen molar-refractivity contribution in [2.24, 2.45) is 0 Å². The minimum absolute atomic E-state index is 0.358. The summed E-state index contributed by atoms with van der Waals surface area (Å²) < 4.78 is 14.1. The molecule has 3 aromatic rings. The third-order valence-corrected chi connectivity index (χ3v) is 5.40. The van der Waals surface area contributed by atoms with Gasteiger partial charge in [0.1, 0.15) is 24.5 Å². The lowest BCUT2D eigenvalue weighted by Gasteiger charge is -2.40. The third kappa shape index (κ3) is 4.44. The van der Waals surface area contributed by atoms with E-state index in [0.29, 0.717) is 33.8 Å². The lowest BCUT2D eigenvalue weighted by molar-refractivity contribution is -0.111. The number of halogens is 3. The van der Waals surface area contributed by atoms with Crippen LogP contribution in [-0.4, -0.2) is 28.0 Å². The van der Waals surface area contributed by atoms with E-state index < -0.39 is 5.60 Å². The first kappa shape index (κ1) is 20.9. The van der Waals surface area contributed by atoms with Gasteiger partial charge < -0.3 is 9.47 Å². The molecule has 0 fully saturated rings. The number of benzene rings is 2. The first-order valence-electron chi connectivity index (χ1n) is 8.74. The molecule has 148 valence electrons. The second-order valence-electron chi connectivity index (χ2n) is 6.28. The number of hydrogen-bond acceptors (Lipinski definition) is 4. The Hall–Kier alpha value is -1.79. The van der Waals surface area contributed by atoms with Crippen molar-refractivity contribution in [1.29, 1.82) is 0 Å². The van der Waals surface area contributed by atoms with E-state index in [1.165, 1.54) is 6.33 Å². The summed E-state index contributed by atoms with van der Waals surface area (Å²) in [6.07, 6.45) is 3.39. The normalized spacial score (nSPS) is 14.5. The van der Waals surface area contributed by atoms with Crippen LogP contribution in [0.15, 0.2) is 55.1 Å². The molecule has 0 radical (unpaired) electrons. The topological polar surface area (TPSA) is 49.2 Å². The van der Waals surface area contributed by atoms with Gasteiger partial charge in [0.25, 0.3) is 0 Å². The van der Waals surface area contributed by atoms with Crippen LogP contribution in [-0.2, 0) is 16.9 Å². The predicted octanol–water partition coefficient (Wildman–Crippen LogP) is 5.64. The zero-order valence-corrected chi connectivity index (χ0v) is 17.7. The van der Waals surface area contributed by atoms with Gasteiger partial charge in [-0.25, -0.2) is 9.67 Å². The number of aromatic nitrogens is 3. The molecule has 28 heavy (non-hydrogen) atoms. The molecule has 8 heteroatoms. The molecule has 0 bridgehead atoms. The SMILES string of the molecule is CCC(Oc1ccc(Cl)cc1)C(Cn1cncn1)(OC)c1ccc(Cl)cc1Cl. The van der Waals surface area contributed by atoms with Gasteiger partial charge in [-0.05, 0) is 42.8 Å². The van der Waals surface area contributed by atoms with E-state index in [1.54, 1.807) is 42.4 Å². The quantitative estimate of drug-likeness (QED) is 0.455. The summed E-state index contributed by atoms with van der Waals surface area (Å²) in [6, 6.07) is 12.6. The first-order chi connectivity index (χ1) is 13.5. The summed E-state index contributed by atoms with van der Waals surface area (Å²) in [7, 11) is 1.63. The summed E-state index contributed by atoms with van der Waals surface area (Å²) in [5.41, 5.74) is -0.165. The van der Waals surface area contributed by atoms with Gasteiger partial charge in [0.15, 0.2) is 5.60 Å². The highest BCUT2D eigenvalue weighted by atomic mass is 35.5. The number of hydrogen-bond donors (Lipinski definition) is 0. The summed E-state index contributed by atoms with van der Waals surface area (Å²) in [5, 5.41) is 5.92. The number of methoxy groups -OCH3 is 1. The van der Waals surface area contributed by atoms with Crippen LogP contribution in [0.2, 0.25) is 15.1 Å². The Bertz CT molecular complexity index is 904. The van der Waals surface area contributed by atoms with Gasteiger partial charge in [-0.15, -0.1) is 0 Å². The van der Waals surface area contributed by atoms with E-state index in [9.17, 15) is 0 Å². The van der Waals surface area contributed by atoms with Gasteiger partial charge >= 0.3 is 0 Å². The lowest BCUT2D eigenvalue weighted by atomic mass is 9.85. The zero-order valence-electron chi connectivity index (χ0n) is 15.5. The molecular weight excluding hydrogens is 421 g/mol. The summed E-state index contributed by atoms with van der Waals surface area (Å²) in [5.74, 6) is 0.682. The molecule has 0 aliphatic heterocycles. The molecule has 2 atom stereocenters. The van der Waals surface area contributed by atoms with E-state index in [4.69, 9.17) is 44.3 Å². The van der Waals surface area contributed by atoms with Crippen LogP contribution in [0.3, 0.4) is 0 Å². The van der Waals surface area contributed by atoms with E-state index in [2.05, 4.69) is 10.1 Å². The molecular formula is C20H20Cl3N3O2. The van der Waals surface area contributed by atoms with Crippen molar-refractivity contribution in [1.82, 2.24) is 14.8 Å². The molecule has 1 aromatic heterocycles. The summed E-state index contributed by atoms with van der Waals surface area (Å²) in [4.78, 5) is 4.04. The van der Waals surface area contributed by atoms with Crippen LogP contribution in [0.4, 0.5) is 0 Å². The highest BCUT2D eigenvalue weighted by molar-refractivity contribution is 6.35. The molecule has 0 N–H and O–H groups in total. The largest absolute Gasteiger partial charge is 0.487 e. The van der Waals surface area contributed by atoms with Gasteiger partial charge in [0, 0.05) is 27.7 Å². The first-order valence-corrected chi connectivity index (χ1v) is 9.87. The van der Waals surface area contributed by atoms with Crippen LogP contribution < -0.4 is 4.74 Å². The predicted molar refractivity (Wildman–Crippen MR) is 111 cm³/mol. The Morgan fingerprint density at radius 3 is 2.36 bits per heavy atom. The molecule has 5 nitrogen and oxygen atoms in total. The standard InChI is InChI=1S/C20H20Cl3N3O2/c1-3-19(28-16-7-4-14(21)5-8-16)20(27-2,11-26-13-24-12-25-26)17-9-6-15(22)10-18(17)23/h4-10,12-13,19H,3,11H2,1-2H3. The van der Waals surface area contributed by atoms with E-state index in [0.717, 1.165) is 5.56 Å². The second-order valence-corrected chi connectivity index (χ2v) is 7.56. The van der Waals surface area contributed by atoms with Crippen molar-refractivity contribution in [2.75, 3.05) is 7.11 Å². The van der Waals surface area contributed by atoms with Crippen LogP contribution in [0.5, 0.6) is 5.75 Å². The Labute approximate surface area is 179 Å². The Balaban J connectivity index is 2.07. The highest BCUT2D eigenvalue weighted by Gasteiger charge is 2.44. The van der Waals surface area contributed by atoms with Crippen molar-refractivity contribution in [3.8, 4) is 5.75 Å². The maximum atomic E-state index is 6.57. The summed E-state index contributed by atoms with van der Waals surface area (Å²) in [6.45, 7) is 2.39. The van der Waals surface area contributed by atoms with Crippen molar-refractivity contribution >= 4 is 34.8 Å². The minimum atomic E-state index is -0.927. The van der Waals surface area contributed by atoms with Crippen molar-refractivity contribution < 1.29 is 9.47 Å². The zero-order chi connectivity index (χ0) is 20.1. The minimum Gasteiger partial charge on any atom is -0.487 e. The average molecular weight is 441 g/mol. The van der Waals surface area contributed by atoms with Gasteiger partial charge in [-0.3, -0.25) is 0 Å². The van der Waals surface area contributed by atoms with Gasteiger partial charge in [-0.1, -0.05) is 47.8 Å². The maximum Gasteiger partial charge on any atom is 0.150 e. The van der Waals surface area contributed by atoms with E-state index >= 15 is 0 Å². The third-order valence-electron chi connectivity index (χ3n) is 4.60. The molecule has 0 saturated carbocycles. The number of ether oxygens (including phenoxy) is 2. The van der Waals surface area contributed by atoms with Crippen LogP contribution in [0, 0.1) is 0 Å². The molecule has 3 rings (SSSR count). The molecule has 0 aliphatic carbocycles. The maximum absolute atomic E-state index is 6.57. The lowest BCUT2D eigenvalue weighted by Crippen LogP contribution is -2.48. The smallest absolute Gasteiger partial charge is 0.150 e. The molecule has 0 amide bonds. The van der Waals surface area contributed by atoms with Gasteiger partial charge in [0.05, 0.1) is 6.54 Å². The average Bonchev–Trinajstić information content (AvgIpc) is 3.19. The Morgan fingerprint density at radius 1 is 1.07 bits per heavy atom. The van der Waals surface area contributed by atoms with Gasteiger partial charge in [0.2, 0.25) is 0 Å².